The zero-order valence-corrected chi connectivity index (χ0v) is 15.7. The Morgan fingerprint density at radius 3 is 2.48 bits per heavy atom. The summed E-state index contributed by atoms with van der Waals surface area (Å²) in [5.41, 5.74) is 1.73. The average molecular weight is 346 g/mol. The van der Waals surface area contributed by atoms with E-state index >= 15 is 0 Å². The summed E-state index contributed by atoms with van der Waals surface area (Å²) in [6.45, 7) is 6.17. The third kappa shape index (κ3) is 5.46. The maximum atomic E-state index is 12.4. The number of anilines is 1. The first-order valence-corrected chi connectivity index (χ1v) is 8.97. The minimum absolute atomic E-state index is 0.0199. The molecule has 0 bridgehead atoms. The van der Waals surface area contributed by atoms with Gasteiger partial charge >= 0.3 is 6.03 Å². The molecule has 1 aromatic carbocycles. The van der Waals surface area contributed by atoms with Crippen LogP contribution < -0.4 is 10.6 Å². The van der Waals surface area contributed by atoms with Gasteiger partial charge in [0.1, 0.15) is 0 Å². The predicted octanol–water partition coefficient (Wildman–Crippen LogP) is 2.52. The summed E-state index contributed by atoms with van der Waals surface area (Å²) in [5.74, 6) is 0.257. The van der Waals surface area contributed by atoms with Crippen molar-refractivity contribution in [1.29, 1.82) is 0 Å². The molecule has 138 valence electrons. The minimum Gasteiger partial charge on any atom is -0.351 e. The molecule has 2 rings (SSSR count). The smallest absolute Gasteiger partial charge is 0.321 e. The number of carbonyl (C=O) groups excluding carboxylic acids is 2. The van der Waals surface area contributed by atoms with Crippen LogP contribution in [0.1, 0.15) is 32.3 Å². The lowest BCUT2D eigenvalue weighted by Crippen LogP contribution is -2.46. The van der Waals surface area contributed by atoms with Crippen molar-refractivity contribution in [2.75, 3.05) is 32.5 Å². The maximum Gasteiger partial charge on any atom is 0.321 e. The van der Waals surface area contributed by atoms with E-state index in [1.807, 2.05) is 62.0 Å². The van der Waals surface area contributed by atoms with Gasteiger partial charge < -0.3 is 15.5 Å². The minimum atomic E-state index is -0.155. The Hall–Kier alpha value is -2.08. The van der Waals surface area contributed by atoms with Crippen LogP contribution in [0.4, 0.5) is 10.5 Å². The fourth-order valence-electron chi connectivity index (χ4n) is 3.31. The zero-order chi connectivity index (χ0) is 18.4. The number of rotatable bonds is 6. The highest BCUT2D eigenvalue weighted by atomic mass is 16.2. The summed E-state index contributed by atoms with van der Waals surface area (Å²) in [6, 6.07) is 7.42. The molecule has 1 saturated heterocycles. The van der Waals surface area contributed by atoms with Gasteiger partial charge in [0, 0.05) is 25.3 Å². The average Bonchev–Trinajstić information content (AvgIpc) is 3.07. The summed E-state index contributed by atoms with van der Waals surface area (Å²) in [4.78, 5) is 28.3. The molecule has 25 heavy (non-hydrogen) atoms. The molecule has 1 atom stereocenters. The summed E-state index contributed by atoms with van der Waals surface area (Å²) in [6.07, 6.45) is 2.14. The predicted molar refractivity (Wildman–Crippen MR) is 100 cm³/mol. The highest BCUT2D eigenvalue weighted by molar-refractivity contribution is 5.89. The number of urea groups is 1. The lowest BCUT2D eigenvalue weighted by Gasteiger charge is -2.26. The van der Waals surface area contributed by atoms with Gasteiger partial charge in [-0.05, 0) is 50.6 Å². The van der Waals surface area contributed by atoms with E-state index in [4.69, 9.17) is 0 Å². The molecular weight excluding hydrogens is 316 g/mol. The number of nitrogens with zero attached hydrogens (tertiary/aromatic N) is 2. The van der Waals surface area contributed by atoms with Crippen molar-refractivity contribution in [1.82, 2.24) is 15.1 Å². The Kier molecular flexibility index (Phi) is 6.82. The number of benzene rings is 1. The van der Waals surface area contributed by atoms with Crippen LogP contribution in [0.3, 0.4) is 0 Å². The second-order valence-electron chi connectivity index (χ2n) is 7.19. The maximum absolute atomic E-state index is 12.4. The molecule has 1 heterocycles. The highest BCUT2D eigenvalue weighted by Gasteiger charge is 2.23. The van der Waals surface area contributed by atoms with Gasteiger partial charge in [-0.3, -0.25) is 9.69 Å². The molecule has 1 aliphatic heterocycles. The number of hydrogen-bond acceptors (Lipinski definition) is 3. The molecule has 1 aliphatic rings. The standard InChI is InChI=1S/C19H30N4O2/c1-14(2)17(22(3)4)18(24)20-13-15-8-7-9-16(12-15)21-19(25)23-10-5-6-11-23/h7-9,12,14,17H,5-6,10-11,13H2,1-4H3,(H,20,24)(H,21,25)/t17-/m0/s1. The fraction of sp³-hybridized carbons (Fsp3) is 0.579. The van der Waals surface area contributed by atoms with Crippen molar-refractivity contribution in [2.24, 2.45) is 5.92 Å². The largest absolute Gasteiger partial charge is 0.351 e. The molecule has 0 spiro atoms. The van der Waals surface area contributed by atoms with Crippen LogP contribution in [0, 0.1) is 5.92 Å². The topological polar surface area (TPSA) is 64.7 Å². The third-order valence-corrected chi connectivity index (χ3v) is 4.49. The zero-order valence-electron chi connectivity index (χ0n) is 15.7. The van der Waals surface area contributed by atoms with E-state index in [0.717, 1.165) is 37.2 Å². The van der Waals surface area contributed by atoms with E-state index < -0.39 is 0 Å². The van der Waals surface area contributed by atoms with E-state index in [0.29, 0.717) is 6.54 Å². The summed E-state index contributed by atoms with van der Waals surface area (Å²) in [5, 5.41) is 5.93. The Morgan fingerprint density at radius 1 is 1.20 bits per heavy atom. The molecule has 2 N–H and O–H groups in total. The van der Waals surface area contributed by atoms with Crippen molar-refractivity contribution >= 4 is 17.6 Å². The van der Waals surface area contributed by atoms with Gasteiger partial charge in [-0.25, -0.2) is 4.79 Å². The van der Waals surface area contributed by atoms with Crippen LogP contribution in [-0.2, 0) is 11.3 Å². The fourth-order valence-corrected chi connectivity index (χ4v) is 3.31. The summed E-state index contributed by atoms with van der Waals surface area (Å²) < 4.78 is 0. The van der Waals surface area contributed by atoms with Crippen molar-refractivity contribution in [3.05, 3.63) is 29.8 Å². The first-order chi connectivity index (χ1) is 11.9. The second-order valence-corrected chi connectivity index (χ2v) is 7.19. The molecule has 0 saturated carbocycles. The molecule has 1 aromatic rings. The molecule has 0 aliphatic carbocycles. The Balaban J connectivity index is 1.92. The normalized spacial score (nSPS) is 15.5. The Labute approximate surface area is 150 Å². The first-order valence-electron chi connectivity index (χ1n) is 8.97. The van der Waals surface area contributed by atoms with Gasteiger partial charge in [0.15, 0.2) is 0 Å². The van der Waals surface area contributed by atoms with Crippen molar-refractivity contribution in [2.45, 2.75) is 39.3 Å². The number of hydrogen-bond donors (Lipinski definition) is 2. The highest BCUT2D eigenvalue weighted by Crippen LogP contribution is 2.14. The van der Waals surface area contributed by atoms with E-state index in [1.54, 1.807) is 0 Å². The van der Waals surface area contributed by atoms with Gasteiger partial charge in [-0.1, -0.05) is 26.0 Å². The number of carbonyl (C=O) groups is 2. The van der Waals surface area contributed by atoms with Gasteiger partial charge in [0.25, 0.3) is 0 Å². The van der Waals surface area contributed by atoms with E-state index in [1.165, 1.54) is 0 Å². The SMILES string of the molecule is CC(C)[C@@H](C(=O)NCc1cccc(NC(=O)N2CCCC2)c1)N(C)C. The van der Waals surface area contributed by atoms with Crippen LogP contribution >= 0.6 is 0 Å². The van der Waals surface area contributed by atoms with E-state index in [2.05, 4.69) is 10.6 Å². The first kappa shape index (κ1) is 19.2. The molecule has 0 aromatic heterocycles. The van der Waals surface area contributed by atoms with Gasteiger partial charge in [0.2, 0.25) is 5.91 Å². The second kappa shape index (κ2) is 8.85. The van der Waals surface area contributed by atoms with Crippen LogP contribution in [0.5, 0.6) is 0 Å². The van der Waals surface area contributed by atoms with Crippen LogP contribution in [-0.4, -0.2) is 55.0 Å². The van der Waals surface area contributed by atoms with Crippen molar-refractivity contribution in [3.8, 4) is 0 Å². The molecule has 3 amide bonds. The monoisotopic (exact) mass is 346 g/mol. The van der Waals surface area contributed by atoms with Gasteiger partial charge in [-0.2, -0.15) is 0 Å². The number of likely N-dealkylation sites (N-methyl/N-ethyl adjacent to an activating group) is 1. The van der Waals surface area contributed by atoms with Crippen LogP contribution in [0.25, 0.3) is 0 Å². The molecule has 0 radical (unpaired) electrons. The molecular formula is C19H30N4O2. The summed E-state index contributed by atoms with van der Waals surface area (Å²) >= 11 is 0. The lowest BCUT2D eigenvalue weighted by atomic mass is 10.0. The van der Waals surface area contributed by atoms with Crippen LogP contribution in [0.15, 0.2) is 24.3 Å². The summed E-state index contributed by atoms with van der Waals surface area (Å²) in [7, 11) is 3.83. The van der Waals surface area contributed by atoms with Gasteiger partial charge in [-0.15, -0.1) is 0 Å². The quantitative estimate of drug-likeness (QED) is 0.832. The van der Waals surface area contributed by atoms with Crippen molar-refractivity contribution < 1.29 is 9.59 Å². The lowest BCUT2D eigenvalue weighted by molar-refractivity contribution is -0.127. The van der Waals surface area contributed by atoms with E-state index in [-0.39, 0.29) is 23.9 Å². The van der Waals surface area contributed by atoms with Crippen LogP contribution in [0.2, 0.25) is 0 Å². The molecule has 6 nitrogen and oxygen atoms in total. The number of likely N-dealkylation sites (tertiary alicyclic amines) is 1. The Morgan fingerprint density at radius 2 is 1.88 bits per heavy atom. The van der Waals surface area contributed by atoms with E-state index in [9.17, 15) is 9.59 Å². The molecule has 0 unspecified atom stereocenters. The Bertz CT molecular complexity index is 587. The molecule has 1 fully saturated rings. The number of nitrogens with one attached hydrogen (secondary N) is 2. The van der Waals surface area contributed by atoms with Gasteiger partial charge in [0.05, 0.1) is 6.04 Å². The number of amides is 3. The third-order valence-electron chi connectivity index (χ3n) is 4.49. The van der Waals surface area contributed by atoms with Crippen molar-refractivity contribution in [3.63, 3.8) is 0 Å². The molecule has 6 heteroatoms.